The number of rotatable bonds is 2. The number of nitrogens with one attached hydrogen (secondary N) is 1. The number of benzene rings is 1. The van der Waals surface area contributed by atoms with Crippen molar-refractivity contribution in [1.82, 2.24) is 15.1 Å². The maximum Gasteiger partial charge on any atom is 0.317 e. The number of urea groups is 1. The van der Waals surface area contributed by atoms with Crippen LogP contribution in [-0.2, 0) is 0 Å². The molecule has 0 spiro atoms. The van der Waals surface area contributed by atoms with E-state index in [1.54, 1.807) is 9.80 Å². The van der Waals surface area contributed by atoms with Gasteiger partial charge in [-0.2, -0.15) is 0 Å². The van der Waals surface area contributed by atoms with Gasteiger partial charge in [0.2, 0.25) is 0 Å². The number of piperazine rings is 1. The van der Waals surface area contributed by atoms with Crippen molar-refractivity contribution in [1.29, 1.82) is 0 Å². The second-order valence-corrected chi connectivity index (χ2v) is 4.89. The Morgan fingerprint density at radius 3 is 2.48 bits per heavy atom. The molecule has 1 aromatic carbocycles. The van der Waals surface area contributed by atoms with Crippen LogP contribution < -0.4 is 11.1 Å². The van der Waals surface area contributed by atoms with Crippen molar-refractivity contribution < 1.29 is 14.7 Å². The standard InChI is InChI=1S/C14H20N4O3/c1-2-16-14(21)18-7-5-17(6-8-18)13(20)11-9-10(19)3-4-12(11)15/h3-4,9,19H,2,5-8,15H2,1H3,(H,16,21). The maximum atomic E-state index is 12.4. The molecule has 7 heteroatoms. The molecule has 0 atom stereocenters. The molecule has 1 aliphatic rings. The minimum atomic E-state index is -0.223. The zero-order valence-corrected chi connectivity index (χ0v) is 12.0. The van der Waals surface area contributed by atoms with Crippen LogP contribution in [0.5, 0.6) is 5.75 Å². The van der Waals surface area contributed by atoms with Crippen molar-refractivity contribution in [3.05, 3.63) is 23.8 Å². The number of carbonyl (C=O) groups is 2. The van der Waals surface area contributed by atoms with Crippen molar-refractivity contribution in [3.63, 3.8) is 0 Å². The smallest absolute Gasteiger partial charge is 0.317 e. The van der Waals surface area contributed by atoms with E-state index in [-0.39, 0.29) is 17.7 Å². The number of hydrogen-bond acceptors (Lipinski definition) is 4. The Kier molecular flexibility index (Phi) is 4.52. The van der Waals surface area contributed by atoms with Crippen LogP contribution >= 0.6 is 0 Å². The van der Waals surface area contributed by atoms with Crippen LogP contribution in [0.15, 0.2) is 18.2 Å². The summed E-state index contributed by atoms with van der Waals surface area (Å²) in [5.74, 6) is -0.215. The zero-order chi connectivity index (χ0) is 15.4. The van der Waals surface area contributed by atoms with Gasteiger partial charge in [0, 0.05) is 38.4 Å². The predicted octanol–water partition coefficient (Wildman–Crippen LogP) is 0.462. The highest BCUT2D eigenvalue weighted by Gasteiger charge is 2.25. The maximum absolute atomic E-state index is 12.4. The lowest BCUT2D eigenvalue weighted by Gasteiger charge is -2.34. The molecule has 7 nitrogen and oxygen atoms in total. The number of hydrogen-bond donors (Lipinski definition) is 3. The Morgan fingerprint density at radius 1 is 1.24 bits per heavy atom. The summed E-state index contributed by atoms with van der Waals surface area (Å²) < 4.78 is 0. The molecule has 2 rings (SSSR count). The van der Waals surface area contributed by atoms with Crippen LogP contribution in [0.3, 0.4) is 0 Å². The number of amides is 3. The summed E-state index contributed by atoms with van der Waals surface area (Å²) in [5, 5.41) is 12.2. The normalized spacial score (nSPS) is 14.9. The number of phenolic OH excluding ortho intramolecular Hbond substituents is 1. The first-order valence-electron chi connectivity index (χ1n) is 6.93. The zero-order valence-electron chi connectivity index (χ0n) is 12.0. The van der Waals surface area contributed by atoms with Crippen LogP contribution in [0, 0.1) is 0 Å². The summed E-state index contributed by atoms with van der Waals surface area (Å²) in [7, 11) is 0. The van der Waals surface area contributed by atoms with Gasteiger partial charge in [-0.3, -0.25) is 4.79 Å². The first-order valence-corrected chi connectivity index (χ1v) is 6.93. The van der Waals surface area contributed by atoms with E-state index in [9.17, 15) is 14.7 Å². The highest BCUT2D eigenvalue weighted by Crippen LogP contribution is 2.20. The Hall–Kier alpha value is -2.44. The number of nitrogens with zero attached hydrogens (tertiary/aromatic N) is 2. The molecule has 0 aromatic heterocycles. The van der Waals surface area contributed by atoms with Crippen LogP contribution in [0.2, 0.25) is 0 Å². The molecule has 0 unspecified atom stereocenters. The third-order valence-electron chi connectivity index (χ3n) is 3.45. The van der Waals surface area contributed by atoms with Gasteiger partial charge in [0.15, 0.2) is 0 Å². The topological polar surface area (TPSA) is 98.9 Å². The van der Waals surface area contributed by atoms with E-state index in [0.717, 1.165) is 0 Å². The van der Waals surface area contributed by atoms with E-state index in [4.69, 9.17) is 5.73 Å². The minimum Gasteiger partial charge on any atom is -0.508 e. The molecule has 1 aliphatic heterocycles. The summed E-state index contributed by atoms with van der Waals surface area (Å²) in [6, 6.07) is 4.21. The molecule has 0 bridgehead atoms. The second kappa shape index (κ2) is 6.34. The van der Waals surface area contributed by atoms with Gasteiger partial charge in [-0.05, 0) is 25.1 Å². The lowest BCUT2D eigenvalue weighted by molar-refractivity contribution is 0.0666. The molecule has 0 aliphatic carbocycles. The number of aromatic hydroxyl groups is 1. The van der Waals surface area contributed by atoms with Gasteiger partial charge in [-0.15, -0.1) is 0 Å². The van der Waals surface area contributed by atoms with Crippen molar-refractivity contribution in [2.45, 2.75) is 6.92 Å². The number of phenols is 1. The van der Waals surface area contributed by atoms with E-state index in [1.807, 2.05) is 6.92 Å². The highest BCUT2D eigenvalue weighted by molar-refractivity contribution is 5.99. The van der Waals surface area contributed by atoms with Gasteiger partial charge in [0.05, 0.1) is 5.56 Å². The van der Waals surface area contributed by atoms with Crippen LogP contribution in [0.25, 0.3) is 0 Å². The fraction of sp³-hybridized carbons (Fsp3) is 0.429. The molecule has 4 N–H and O–H groups in total. The first kappa shape index (κ1) is 15.0. The second-order valence-electron chi connectivity index (χ2n) is 4.89. The summed E-state index contributed by atoms with van der Waals surface area (Å²) in [5.41, 5.74) is 6.41. The summed E-state index contributed by atoms with van der Waals surface area (Å²) in [6.07, 6.45) is 0. The van der Waals surface area contributed by atoms with Gasteiger partial charge in [-0.25, -0.2) is 4.79 Å². The van der Waals surface area contributed by atoms with Crippen molar-refractivity contribution in [2.75, 3.05) is 38.5 Å². The van der Waals surface area contributed by atoms with Crippen molar-refractivity contribution >= 4 is 17.6 Å². The molecule has 3 amide bonds. The number of carbonyl (C=O) groups excluding carboxylic acids is 2. The van der Waals surface area contributed by atoms with Gasteiger partial charge in [0.1, 0.15) is 5.75 Å². The Labute approximate surface area is 123 Å². The predicted molar refractivity (Wildman–Crippen MR) is 79.1 cm³/mol. The SMILES string of the molecule is CCNC(=O)N1CCN(C(=O)c2cc(O)ccc2N)CC1. The lowest BCUT2D eigenvalue weighted by Crippen LogP contribution is -2.53. The Balaban J connectivity index is 2.00. The molecule has 114 valence electrons. The largest absolute Gasteiger partial charge is 0.508 e. The molecule has 1 heterocycles. The third-order valence-corrected chi connectivity index (χ3v) is 3.45. The average Bonchev–Trinajstić information content (AvgIpc) is 2.49. The quantitative estimate of drug-likeness (QED) is 0.545. The fourth-order valence-electron chi connectivity index (χ4n) is 2.28. The number of nitrogen functional groups attached to an aromatic ring is 1. The van der Waals surface area contributed by atoms with Crippen molar-refractivity contribution in [2.24, 2.45) is 0 Å². The highest BCUT2D eigenvalue weighted by atomic mass is 16.3. The molecular weight excluding hydrogens is 272 g/mol. The van der Waals surface area contributed by atoms with E-state index in [2.05, 4.69) is 5.32 Å². The number of nitrogens with two attached hydrogens (primary N) is 1. The fourth-order valence-corrected chi connectivity index (χ4v) is 2.28. The molecular formula is C14H20N4O3. The van der Waals surface area contributed by atoms with Gasteiger partial charge in [-0.1, -0.05) is 0 Å². The van der Waals surface area contributed by atoms with E-state index < -0.39 is 0 Å². The summed E-state index contributed by atoms with van der Waals surface area (Å²) >= 11 is 0. The Morgan fingerprint density at radius 2 is 1.86 bits per heavy atom. The van der Waals surface area contributed by atoms with E-state index >= 15 is 0 Å². The van der Waals surface area contributed by atoms with Gasteiger partial charge in [0.25, 0.3) is 5.91 Å². The molecule has 21 heavy (non-hydrogen) atoms. The average molecular weight is 292 g/mol. The van der Waals surface area contributed by atoms with Crippen molar-refractivity contribution in [3.8, 4) is 5.75 Å². The van der Waals surface area contributed by atoms with Gasteiger partial charge >= 0.3 is 6.03 Å². The van der Waals surface area contributed by atoms with E-state index in [1.165, 1.54) is 18.2 Å². The first-order chi connectivity index (χ1) is 10.0. The molecule has 0 radical (unpaired) electrons. The number of anilines is 1. The minimum absolute atomic E-state index is 0.00788. The third kappa shape index (κ3) is 3.36. The van der Waals surface area contributed by atoms with Crippen LogP contribution in [0.1, 0.15) is 17.3 Å². The van der Waals surface area contributed by atoms with Crippen LogP contribution in [-0.4, -0.2) is 59.6 Å². The monoisotopic (exact) mass is 292 g/mol. The molecule has 1 fully saturated rings. The molecule has 0 saturated carbocycles. The Bertz CT molecular complexity index is 539. The van der Waals surface area contributed by atoms with Crippen LogP contribution in [0.4, 0.5) is 10.5 Å². The molecule has 1 aromatic rings. The van der Waals surface area contributed by atoms with Gasteiger partial charge < -0.3 is 26.0 Å². The lowest BCUT2D eigenvalue weighted by atomic mass is 10.1. The summed E-state index contributed by atoms with van der Waals surface area (Å²) in [4.78, 5) is 27.4. The summed E-state index contributed by atoms with van der Waals surface area (Å²) in [6.45, 7) is 4.31. The molecule has 1 saturated heterocycles. The van der Waals surface area contributed by atoms with E-state index in [0.29, 0.717) is 44.0 Å².